The van der Waals surface area contributed by atoms with Gasteiger partial charge in [0.2, 0.25) is 0 Å². The van der Waals surface area contributed by atoms with Crippen LogP contribution in [0.1, 0.15) is 56.7 Å². The van der Waals surface area contributed by atoms with Crippen LogP contribution < -0.4 is 10.2 Å². The van der Waals surface area contributed by atoms with Gasteiger partial charge in [0, 0.05) is 41.3 Å². The molecule has 6 rings (SSSR count). The molecule has 2 saturated heterocycles. The largest absolute Gasteiger partial charge is 0.481 e. The lowest BCUT2D eigenvalue weighted by molar-refractivity contribution is -0.158. The SMILES string of the molecule is C[C@@H](Nc1c(CO)ccc2nc(N3CC([C@H]4CCCN(C5CC(C)(C(=O)O)C5)C4)C3)oc12)c1ccc(Cl)cc1Cl. The monoisotopic (exact) mass is 586 g/mol. The van der Waals surface area contributed by atoms with Gasteiger partial charge in [0.15, 0.2) is 5.58 Å². The first-order valence-corrected chi connectivity index (χ1v) is 14.9. The smallest absolute Gasteiger partial charge is 0.309 e. The van der Waals surface area contributed by atoms with Crippen LogP contribution in [-0.2, 0) is 11.4 Å². The van der Waals surface area contributed by atoms with Crippen LogP contribution in [-0.4, -0.2) is 58.3 Å². The molecule has 0 bridgehead atoms. The van der Waals surface area contributed by atoms with Gasteiger partial charge in [-0.05, 0) is 81.7 Å². The van der Waals surface area contributed by atoms with E-state index < -0.39 is 11.4 Å². The third-order valence-electron chi connectivity index (χ3n) is 9.33. The normalized spacial score (nSPS) is 26.4. The number of nitrogens with zero attached hydrogens (tertiary/aromatic N) is 3. The lowest BCUT2D eigenvalue weighted by Crippen LogP contribution is -2.58. The highest BCUT2D eigenvalue weighted by Gasteiger charge is 2.49. The van der Waals surface area contributed by atoms with Gasteiger partial charge in [0.05, 0.1) is 23.8 Å². The van der Waals surface area contributed by atoms with Crippen molar-refractivity contribution in [3.8, 4) is 0 Å². The van der Waals surface area contributed by atoms with Crippen molar-refractivity contribution in [2.45, 2.75) is 58.2 Å². The maximum atomic E-state index is 11.5. The highest BCUT2D eigenvalue weighted by Crippen LogP contribution is 2.46. The number of anilines is 2. The van der Waals surface area contributed by atoms with E-state index in [1.807, 2.05) is 38.1 Å². The van der Waals surface area contributed by atoms with Crippen molar-refractivity contribution >= 4 is 52.0 Å². The summed E-state index contributed by atoms with van der Waals surface area (Å²) in [6, 6.07) is 10.0. The number of halogens is 2. The second-order valence-electron chi connectivity index (χ2n) is 12.1. The fourth-order valence-electron chi connectivity index (χ4n) is 6.73. The van der Waals surface area contributed by atoms with Crippen molar-refractivity contribution in [1.29, 1.82) is 0 Å². The van der Waals surface area contributed by atoms with Crippen LogP contribution in [0.3, 0.4) is 0 Å². The molecule has 0 unspecified atom stereocenters. The standard InChI is InChI=1S/C30H36Cl2N4O4/c1-17(23-7-6-21(31)10-24(23)32)33-26-19(16-37)5-8-25-27(26)40-29(34-25)36-14-20(15-36)18-4-3-9-35(13-18)22-11-30(2,12-22)28(38)39/h5-8,10,17-18,20,22,33,37H,3-4,9,11-16H2,1-2H3,(H,38,39)/t17-,18+,22?,30?/m1/s1. The molecule has 3 aromatic rings. The van der Waals surface area contributed by atoms with E-state index in [0.29, 0.717) is 45.2 Å². The minimum atomic E-state index is -0.669. The van der Waals surface area contributed by atoms with Gasteiger partial charge in [-0.3, -0.25) is 4.79 Å². The molecule has 8 nitrogen and oxygen atoms in total. The van der Waals surface area contributed by atoms with E-state index in [-0.39, 0.29) is 12.6 Å². The van der Waals surface area contributed by atoms with E-state index in [2.05, 4.69) is 15.1 Å². The van der Waals surface area contributed by atoms with Gasteiger partial charge in [0.25, 0.3) is 6.01 Å². The predicted octanol–water partition coefficient (Wildman–Crippen LogP) is 6.20. The number of aliphatic hydroxyl groups excluding tert-OH is 1. The quantitative estimate of drug-likeness (QED) is 0.286. The molecule has 0 spiro atoms. The Morgan fingerprint density at radius 1 is 1.20 bits per heavy atom. The van der Waals surface area contributed by atoms with Crippen LogP contribution in [0.15, 0.2) is 34.7 Å². The van der Waals surface area contributed by atoms with Gasteiger partial charge < -0.3 is 29.7 Å². The summed E-state index contributed by atoms with van der Waals surface area (Å²) in [5, 5.41) is 24.2. The van der Waals surface area contributed by atoms with Gasteiger partial charge in [-0.1, -0.05) is 35.3 Å². The van der Waals surface area contributed by atoms with E-state index >= 15 is 0 Å². The number of carboxylic acids is 1. The number of benzene rings is 2. The van der Waals surface area contributed by atoms with Gasteiger partial charge in [-0.25, -0.2) is 0 Å². The summed E-state index contributed by atoms with van der Waals surface area (Å²) in [4.78, 5) is 21.0. The molecule has 1 aliphatic carbocycles. The molecule has 2 atom stereocenters. The number of fused-ring (bicyclic) bond motifs is 1. The van der Waals surface area contributed by atoms with Crippen molar-refractivity contribution in [2.24, 2.45) is 17.3 Å². The van der Waals surface area contributed by atoms with Crippen molar-refractivity contribution in [3.63, 3.8) is 0 Å². The highest BCUT2D eigenvalue weighted by molar-refractivity contribution is 6.35. The predicted molar refractivity (Wildman–Crippen MR) is 157 cm³/mol. The number of nitrogens with one attached hydrogen (secondary N) is 1. The molecule has 0 radical (unpaired) electrons. The summed E-state index contributed by atoms with van der Waals surface area (Å²) in [5.74, 6) is 0.508. The molecule has 1 aromatic heterocycles. The first-order valence-electron chi connectivity index (χ1n) is 14.1. The number of hydrogen-bond acceptors (Lipinski definition) is 7. The Hall–Kier alpha value is -2.52. The fraction of sp³-hybridized carbons (Fsp3) is 0.533. The summed E-state index contributed by atoms with van der Waals surface area (Å²) in [6.45, 7) is 7.66. The van der Waals surface area contributed by atoms with E-state index in [4.69, 9.17) is 32.6 Å². The third kappa shape index (κ3) is 5.04. The Bertz CT molecular complexity index is 1420. The van der Waals surface area contributed by atoms with Crippen LogP contribution >= 0.6 is 23.2 Å². The third-order valence-corrected chi connectivity index (χ3v) is 9.90. The number of likely N-dealkylation sites (tertiary alicyclic amines) is 1. The van der Waals surface area contributed by atoms with Crippen molar-refractivity contribution in [2.75, 3.05) is 36.4 Å². The van der Waals surface area contributed by atoms with Crippen LogP contribution in [0.25, 0.3) is 11.1 Å². The zero-order valence-electron chi connectivity index (χ0n) is 22.9. The van der Waals surface area contributed by atoms with E-state index in [1.165, 1.54) is 12.8 Å². The number of aliphatic carboxylic acids is 1. The Labute approximate surface area is 244 Å². The minimum Gasteiger partial charge on any atom is -0.481 e. The number of rotatable bonds is 8. The molecule has 3 fully saturated rings. The van der Waals surface area contributed by atoms with E-state index in [1.54, 1.807) is 6.07 Å². The Balaban J connectivity index is 1.13. The number of hydrogen-bond donors (Lipinski definition) is 3. The molecular formula is C30H36Cl2N4O4. The van der Waals surface area contributed by atoms with Gasteiger partial charge in [-0.15, -0.1) is 0 Å². The summed E-state index contributed by atoms with van der Waals surface area (Å²) in [7, 11) is 0. The van der Waals surface area contributed by atoms with E-state index in [0.717, 1.165) is 55.7 Å². The molecule has 0 amide bonds. The fourth-order valence-corrected chi connectivity index (χ4v) is 7.30. The topological polar surface area (TPSA) is 102 Å². The average Bonchev–Trinajstić information content (AvgIpc) is 3.30. The number of piperidine rings is 1. The molecular weight excluding hydrogens is 551 g/mol. The zero-order chi connectivity index (χ0) is 28.2. The van der Waals surface area contributed by atoms with Gasteiger partial charge in [0.1, 0.15) is 5.52 Å². The van der Waals surface area contributed by atoms with Crippen LogP contribution in [0, 0.1) is 17.3 Å². The van der Waals surface area contributed by atoms with E-state index in [9.17, 15) is 15.0 Å². The average molecular weight is 588 g/mol. The van der Waals surface area contributed by atoms with Crippen molar-refractivity contribution < 1.29 is 19.4 Å². The summed E-state index contributed by atoms with van der Waals surface area (Å²) >= 11 is 12.5. The first kappa shape index (κ1) is 27.6. The number of aliphatic hydroxyl groups is 1. The molecule has 1 saturated carbocycles. The first-order chi connectivity index (χ1) is 19.1. The molecule has 2 aliphatic heterocycles. The Kier molecular flexibility index (Phi) is 7.40. The Morgan fingerprint density at radius 3 is 2.67 bits per heavy atom. The Morgan fingerprint density at radius 2 is 1.98 bits per heavy atom. The second kappa shape index (κ2) is 10.7. The van der Waals surface area contributed by atoms with Gasteiger partial charge in [-0.2, -0.15) is 4.98 Å². The number of carbonyl (C=O) groups is 1. The number of oxazole rings is 1. The number of aromatic nitrogens is 1. The molecule has 40 heavy (non-hydrogen) atoms. The molecule has 3 heterocycles. The molecule has 214 valence electrons. The minimum absolute atomic E-state index is 0.133. The van der Waals surface area contributed by atoms with Crippen molar-refractivity contribution in [1.82, 2.24) is 9.88 Å². The summed E-state index contributed by atoms with van der Waals surface area (Å²) < 4.78 is 6.32. The van der Waals surface area contributed by atoms with Crippen LogP contribution in [0.4, 0.5) is 11.7 Å². The summed E-state index contributed by atoms with van der Waals surface area (Å²) in [5.41, 5.74) is 3.14. The maximum absolute atomic E-state index is 11.5. The highest BCUT2D eigenvalue weighted by atomic mass is 35.5. The maximum Gasteiger partial charge on any atom is 0.309 e. The van der Waals surface area contributed by atoms with Crippen LogP contribution in [0.2, 0.25) is 10.0 Å². The van der Waals surface area contributed by atoms with Crippen molar-refractivity contribution in [3.05, 3.63) is 51.5 Å². The molecule has 10 heteroatoms. The zero-order valence-corrected chi connectivity index (χ0v) is 24.4. The molecule has 3 aliphatic rings. The number of carboxylic acid groups (broad SMARTS) is 1. The lowest BCUT2D eigenvalue weighted by atomic mass is 9.65. The summed E-state index contributed by atoms with van der Waals surface area (Å²) in [6.07, 6.45) is 3.89. The lowest BCUT2D eigenvalue weighted by Gasteiger charge is -2.52. The van der Waals surface area contributed by atoms with Gasteiger partial charge >= 0.3 is 5.97 Å². The molecule has 3 N–H and O–H groups in total. The van der Waals surface area contributed by atoms with Crippen LogP contribution in [0.5, 0.6) is 0 Å². The second-order valence-corrected chi connectivity index (χ2v) is 13.0. The molecule has 2 aromatic carbocycles.